The second kappa shape index (κ2) is 8.79. The van der Waals surface area contributed by atoms with Crippen molar-refractivity contribution in [1.82, 2.24) is 9.80 Å². The van der Waals surface area contributed by atoms with E-state index in [2.05, 4.69) is 17.0 Å². The van der Waals surface area contributed by atoms with Gasteiger partial charge in [-0.25, -0.2) is 9.69 Å². The minimum atomic E-state index is -0.561. The maximum Gasteiger partial charge on any atom is 0.410 e. The molecule has 184 valence electrons. The first-order chi connectivity index (χ1) is 16.7. The van der Waals surface area contributed by atoms with E-state index in [0.29, 0.717) is 44.7 Å². The lowest BCUT2D eigenvalue weighted by atomic mass is 9.74. The van der Waals surface area contributed by atoms with Crippen LogP contribution in [-0.2, 0) is 20.9 Å². The molecule has 35 heavy (non-hydrogen) atoms. The highest BCUT2D eigenvalue weighted by molar-refractivity contribution is 6.22. The summed E-state index contributed by atoms with van der Waals surface area (Å²) in [6.45, 7) is 7.79. The van der Waals surface area contributed by atoms with Gasteiger partial charge in [-0.3, -0.25) is 14.5 Å². The number of anilines is 1. The maximum atomic E-state index is 13.8. The van der Waals surface area contributed by atoms with E-state index >= 15 is 0 Å². The van der Waals surface area contributed by atoms with Crippen LogP contribution < -0.4 is 4.90 Å². The van der Waals surface area contributed by atoms with E-state index in [9.17, 15) is 14.4 Å². The zero-order chi connectivity index (χ0) is 24.8. The average Bonchev–Trinajstić information content (AvgIpc) is 3.26. The predicted molar refractivity (Wildman–Crippen MR) is 133 cm³/mol. The van der Waals surface area contributed by atoms with Crippen LogP contribution in [0, 0.1) is 11.8 Å². The molecule has 2 atom stereocenters. The zero-order valence-electron chi connectivity index (χ0n) is 20.6. The minimum absolute atomic E-state index is 0.115. The summed E-state index contributed by atoms with van der Waals surface area (Å²) in [4.78, 5) is 45.6. The van der Waals surface area contributed by atoms with Crippen LogP contribution in [0.4, 0.5) is 10.5 Å². The van der Waals surface area contributed by atoms with Crippen molar-refractivity contribution in [2.45, 2.75) is 51.3 Å². The van der Waals surface area contributed by atoms with Crippen LogP contribution in [0.2, 0.25) is 0 Å². The number of fused-ring (bicyclic) bond motifs is 2. The number of piperidine rings is 1. The number of likely N-dealkylation sites (tertiary alicyclic amines) is 2. The fourth-order valence-corrected chi connectivity index (χ4v) is 6.02. The van der Waals surface area contributed by atoms with E-state index in [1.807, 2.05) is 69.3 Å². The molecule has 0 radical (unpaired) electrons. The third-order valence-electron chi connectivity index (χ3n) is 7.56. The van der Waals surface area contributed by atoms with E-state index in [-0.39, 0.29) is 23.8 Å². The van der Waals surface area contributed by atoms with Crippen molar-refractivity contribution in [2.75, 3.05) is 24.5 Å². The smallest absolute Gasteiger partial charge is 0.410 e. The van der Waals surface area contributed by atoms with Crippen LogP contribution in [0.1, 0.15) is 39.2 Å². The number of hydrogen-bond acceptors (Lipinski definition) is 5. The van der Waals surface area contributed by atoms with Gasteiger partial charge in [0.15, 0.2) is 0 Å². The standard InChI is InChI=1S/C28H33N3O4/c1-27(2,3)35-26(34)29-16-14-28(15-17-29)23-22(19-30(28)18-20-10-6-4-7-11-20)24(32)31(25(23)33)21-12-8-5-9-13-21/h4-13,22-23H,14-19H2,1-3H3. The summed E-state index contributed by atoms with van der Waals surface area (Å²) in [6, 6.07) is 19.4. The average molecular weight is 476 g/mol. The van der Waals surface area contributed by atoms with Crippen molar-refractivity contribution < 1.29 is 19.1 Å². The summed E-state index contributed by atoms with van der Waals surface area (Å²) in [5, 5.41) is 0. The van der Waals surface area contributed by atoms with Gasteiger partial charge < -0.3 is 9.64 Å². The van der Waals surface area contributed by atoms with Crippen LogP contribution in [0.3, 0.4) is 0 Å². The van der Waals surface area contributed by atoms with Gasteiger partial charge in [0, 0.05) is 31.7 Å². The van der Waals surface area contributed by atoms with Crippen LogP contribution in [0.15, 0.2) is 60.7 Å². The molecule has 0 saturated carbocycles. The molecular weight excluding hydrogens is 442 g/mol. The molecule has 0 aliphatic carbocycles. The monoisotopic (exact) mass is 475 g/mol. The number of imide groups is 1. The predicted octanol–water partition coefficient (Wildman–Crippen LogP) is 4.08. The van der Waals surface area contributed by atoms with Gasteiger partial charge in [0.25, 0.3) is 0 Å². The van der Waals surface area contributed by atoms with E-state index in [4.69, 9.17) is 4.74 Å². The number of benzene rings is 2. The van der Waals surface area contributed by atoms with E-state index < -0.39 is 17.1 Å². The van der Waals surface area contributed by atoms with Crippen molar-refractivity contribution in [1.29, 1.82) is 0 Å². The van der Waals surface area contributed by atoms with E-state index in [1.165, 1.54) is 4.90 Å². The maximum absolute atomic E-state index is 13.8. The number of carbonyl (C=O) groups excluding carboxylic acids is 3. The summed E-state index contributed by atoms with van der Waals surface area (Å²) in [6.07, 6.45) is 0.931. The highest BCUT2D eigenvalue weighted by atomic mass is 16.6. The topological polar surface area (TPSA) is 70.2 Å². The number of ether oxygens (including phenoxy) is 1. The Labute approximate surface area is 206 Å². The van der Waals surface area contributed by atoms with Crippen LogP contribution in [-0.4, -0.2) is 58.5 Å². The summed E-state index contributed by atoms with van der Waals surface area (Å²) < 4.78 is 5.59. The molecule has 0 N–H and O–H groups in total. The normalized spacial score (nSPS) is 24.2. The summed E-state index contributed by atoms with van der Waals surface area (Å²) >= 11 is 0. The minimum Gasteiger partial charge on any atom is -0.444 e. The molecule has 7 nitrogen and oxygen atoms in total. The Morgan fingerprint density at radius 1 is 0.943 bits per heavy atom. The Morgan fingerprint density at radius 3 is 2.14 bits per heavy atom. The molecule has 3 fully saturated rings. The second-order valence-corrected chi connectivity index (χ2v) is 10.9. The molecule has 3 saturated heterocycles. The van der Waals surface area contributed by atoms with Crippen LogP contribution in [0.5, 0.6) is 0 Å². The number of para-hydroxylation sites is 1. The third kappa shape index (κ3) is 4.22. The van der Waals surface area contributed by atoms with Gasteiger partial charge in [-0.15, -0.1) is 0 Å². The lowest BCUT2D eigenvalue weighted by Gasteiger charge is -2.47. The zero-order valence-corrected chi connectivity index (χ0v) is 20.6. The summed E-state index contributed by atoms with van der Waals surface area (Å²) in [7, 11) is 0. The van der Waals surface area contributed by atoms with Crippen LogP contribution in [0.25, 0.3) is 0 Å². The lowest BCUT2D eigenvalue weighted by molar-refractivity contribution is -0.125. The van der Waals surface area contributed by atoms with Gasteiger partial charge in [-0.05, 0) is 51.3 Å². The number of carbonyl (C=O) groups is 3. The van der Waals surface area contributed by atoms with Gasteiger partial charge in [-0.1, -0.05) is 48.5 Å². The molecule has 7 heteroatoms. The van der Waals surface area contributed by atoms with Crippen molar-refractivity contribution in [3.63, 3.8) is 0 Å². The Bertz CT molecular complexity index is 1100. The molecule has 3 amide bonds. The Balaban J connectivity index is 1.44. The van der Waals surface area contributed by atoms with Gasteiger partial charge in [0.2, 0.25) is 11.8 Å². The molecule has 2 aromatic rings. The molecule has 0 bridgehead atoms. The molecular formula is C28H33N3O4. The van der Waals surface area contributed by atoms with Crippen molar-refractivity contribution in [2.24, 2.45) is 11.8 Å². The fourth-order valence-electron chi connectivity index (χ4n) is 6.02. The van der Waals surface area contributed by atoms with Gasteiger partial charge in [-0.2, -0.15) is 0 Å². The first-order valence-electron chi connectivity index (χ1n) is 12.4. The Morgan fingerprint density at radius 2 is 1.54 bits per heavy atom. The highest BCUT2D eigenvalue weighted by Crippen LogP contribution is 2.51. The number of nitrogens with zero attached hydrogens (tertiary/aromatic N) is 3. The molecule has 2 aromatic carbocycles. The molecule has 3 aliphatic rings. The quantitative estimate of drug-likeness (QED) is 0.626. The Hall–Kier alpha value is -3.19. The molecule has 1 spiro atoms. The number of amides is 3. The van der Waals surface area contributed by atoms with Crippen molar-refractivity contribution >= 4 is 23.6 Å². The molecule has 3 heterocycles. The highest BCUT2D eigenvalue weighted by Gasteiger charge is 2.65. The lowest BCUT2D eigenvalue weighted by Crippen LogP contribution is -2.58. The van der Waals surface area contributed by atoms with Crippen LogP contribution >= 0.6 is 0 Å². The second-order valence-electron chi connectivity index (χ2n) is 10.9. The molecule has 3 aliphatic heterocycles. The molecule has 5 rings (SSSR count). The molecule has 0 aromatic heterocycles. The van der Waals surface area contributed by atoms with Gasteiger partial charge in [0.05, 0.1) is 17.5 Å². The van der Waals surface area contributed by atoms with Gasteiger partial charge >= 0.3 is 6.09 Å². The summed E-state index contributed by atoms with van der Waals surface area (Å²) in [5.74, 6) is -1.03. The Kier molecular flexibility index (Phi) is 5.91. The third-order valence-corrected chi connectivity index (χ3v) is 7.56. The van der Waals surface area contributed by atoms with E-state index in [0.717, 1.165) is 5.56 Å². The van der Waals surface area contributed by atoms with E-state index in [1.54, 1.807) is 4.90 Å². The summed E-state index contributed by atoms with van der Waals surface area (Å²) in [5.41, 5.74) is 0.748. The fraction of sp³-hybridized carbons (Fsp3) is 0.464. The molecule has 2 unspecified atom stereocenters. The van der Waals surface area contributed by atoms with Gasteiger partial charge in [0.1, 0.15) is 5.60 Å². The first-order valence-corrected chi connectivity index (χ1v) is 12.4. The van der Waals surface area contributed by atoms with Crippen molar-refractivity contribution in [3.05, 3.63) is 66.2 Å². The number of rotatable bonds is 3. The van der Waals surface area contributed by atoms with Crippen molar-refractivity contribution in [3.8, 4) is 0 Å². The largest absolute Gasteiger partial charge is 0.444 e. The SMILES string of the molecule is CC(C)(C)OC(=O)N1CCC2(CC1)C1C(=O)N(c3ccccc3)C(=O)C1CN2Cc1ccccc1. The first kappa shape index (κ1) is 23.5. The number of hydrogen-bond donors (Lipinski definition) is 0.